The van der Waals surface area contributed by atoms with Gasteiger partial charge >= 0.3 is 0 Å². The highest BCUT2D eigenvalue weighted by molar-refractivity contribution is 9.10. The third kappa shape index (κ3) is 4.88. The van der Waals surface area contributed by atoms with Crippen LogP contribution in [0.5, 0.6) is 0 Å². The quantitative estimate of drug-likeness (QED) is 0.638. The van der Waals surface area contributed by atoms with Crippen molar-refractivity contribution < 1.29 is 14.0 Å². The predicted octanol–water partition coefficient (Wildman–Crippen LogP) is 1.92. The van der Waals surface area contributed by atoms with E-state index >= 15 is 0 Å². The SMILES string of the molecule is O=C(CNC(=O)c1ccco1)N/N=C\c1cccc(Br)c1. The number of nitrogens with zero attached hydrogens (tertiary/aromatic N) is 1. The molecule has 0 bridgehead atoms. The van der Waals surface area contributed by atoms with Gasteiger partial charge in [0, 0.05) is 4.47 Å². The van der Waals surface area contributed by atoms with Gasteiger partial charge in [-0.15, -0.1) is 0 Å². The number of furan rings is 1. The molecule has 1 aromatic heterocycles. The average molecular weight is 350 g/mol. The zero-order valence-electron chi connectivity index (χ0n) is 10.9. The Morgan fingerprint density at radius 1 is 1.29 bits per heavy atom. The molecule has 0 saturated heterocycles. The van der Waals surface area contributed by atoms with E-state index < -0.39 is 11.8 Å². The first-order valence-corrected chi connectivity index (χ1v) is 6.83. The first-order chi connectivity index (χ1) is 10.1. The number of halogens is 1. The molecule has 0 atom stereocenters. The maximum atomic E-state index is 11.5. The van der Waals surface area contributed by atoms with Crippen LogP contribution in [-0.4, -0.2) is 24.6 Å². The topological polar surface area (TPSA) is 83.7 Å². The molecule has 0 unspecified atom stereocenters. The summed E-state index contributed by atoms with van der Waals surface area (Å²) in [5.74, 6) is -0.729. The Kier molecular flexibility index (Phi) is 5.28. The molecule has 0 aliphatic heterocycles. The van der Waals surface area contributed by atoms with Crippen molar-refractivity contribution in [1.29, 1.82) is 0 Å². The van der Waals surface area contributed by atoms with Gasteiger partial charge in [0.25, 0.3) is 11.8 Å². The van der Waals surface area contributed by atoms with Gasteiger partial charge in [0.1, 0.15) is 0 Å². The Balaban J connectivity index is 1.76. The predicted molar refractivity (Wildman–Crippen MR) is 80.9 cm³/mol. The van der Waals surface area contributed by atoms with Gasteiger partial charge in [-0.05, 0) is 29.8 Å². The zero-order valence-corrected chi connectivity index (χ0v) is 12.5. The van der Waals surface area contributed by atoms with Crippen molar-refractivity contribution >= 4 is 34.0 Å². The fraction of sp³-hybridized carbons (Fsp3) is 0.0714. The summed E-state index contributed by atoms with van der Waals surface area (Å²) in [6, 6.07) is 10.6. The Morgan fingerprint density at radius 2 is 2.14 bits per heavy atom. The van der Waals surface area contributed by atoms with Crippen molar-refractivity contribution in [2.24, 2.45) is 5.10 Å². The largest absolute Gasteiger partial charge is 0.459 e. The van der Waals surface area contributed by atoms with Gasteiger partial charge in [0.2, 0.25) is 0 Å². The average Bonchev–Trinajstić information content (AvgIpc) is 2.99. The van der Waals surface area contributed by atoms with Crippen LogP contribution in [0.3, 0.4) is 0 Å². The normalized spacial score (nSPS) is 10.5. The number of hydrogen-bond donors (Lipinski definition) is 2. The van der Waals surface area contributed by atoms with Gasteiger partial charge in [-0.1, -0.05) is 28.1 Å². The number of carbonyl (C=O) groups excluding carboxylic acids is 2. The summed E-state index contributed by atoms with van der Waals surface area (Å²) in [6.45, 7) is -0.185. The molecule has 2 aromatic rings. The zero-order chi connectivity index (χ0) is 15.1. The number of hydrazone groups is 1. The molecule has 0 aliphatic carbocycles. The second-order valence-electron chi connectivity index (χ2n) is 4.01. The van der Waals surface area contributed by atoms with Crippen molar-refractivity contribution in [1.82, 2.24) is 10.7 Å². The first-order valence-electron chi connectivity index (χ1n) is 6.04. The van der Waals surface area contributed by atoms with Crippen molar-refractivity contribution in [3.63, 3.8) is 0 Å². The number of amides is 2. The summed E-state index contributed by atoms with van der Waals surface area (Å²) >= 11 is 3.34. The molecule has 0 saturated carbocycles. The maximum Gasteiger partial charge on any atom is 0.287 e. The van der Waals surface area contributed by atoms with E-state index in [1.807, 2.05) is 24.3 Å². The molecule has 0 aliphatic rings. The van der Waals surface area contributed by atoms with Gasteiger partial charge in [0.05, 0.1) is 19.0 Å². The van der Waals surface area contributed by atoms with Crippen LogP contribution in [0.1, 0.15) is 16.1 Å². The fourth-order valence-electron chi connectivity index (χ4n) is 1.46. The molecule has 7 heteroatoms. The van der Waals surface area contributed by atoms with Gasteiger partial charge < -0.3 is 9.73 Å². The molecule has 6 nitrogen and oxygen atoms in total. The Labute approximate surface area is 129 Å². The van der Waals surface area contributed by atoms with E-state index in [1.54, 1.807) is 6.07 Å². The third-order valence-corrected chi connectivity index (χ3v) is 2.90. The van der Waals surface area contributed by atoms with E-state index in [-0.39, 0.29) is 12.3 Å². The molecule has 2 N–H and O–H groups in total. The second-order valence-corrected chi connectivity index (χ2v) is 4.92. The van der Waals surface area contributed by atoms with Gasteiger partial charge in [-0.25, -0.2) is 5.43 Å². The van der Waals surface area contributed by atoms with Crippen LogP contribution in [0.2, 0.25) is 0 Å². The number of rotatable bonds is 5. The summed E-state index contributed by atoms with van der Waals surface area (Å²) in [6.07, 6.45) is 2.90. The van der Waals surface area contributed by atoms with E-state index in [1.165, 1.54) is 18.5 Å². The molecular formula is C14H12BrN3O3. The lowest BCUT2D eigenvalue weighted by Crippen LogP contribution is -2.34. The summed E-state index contributed by atoms with van der Waals surface area (Å²) in [4.78, 5) is 23.0. The van der Waals surface area contributed by atoms with E-state index in [2.05, 4.69) is 31.8 Å². The number of benzene rings is 1. The molecule has 0 radical (unpaired) electrons. The monoisotopic (exact) mass is 349 g/mol. The van der Waals surface area contributed by atoms with Gasteiger partial charge in [-0.3, -0.25) is 9.59 Å². The standard InChI is InChI=1S/C14H12BrN3O3/c15-11-4-1-3-10(7-11)8-17-18-13(19)9-16-14(20)12-5-2-6-21-12/h1-8H,9H2,(H,16,20)(H,18,19)/b17-8-. The lowest BCUT2D eigenvalue weighted by Gasteiger charge is -2.01. The van der Waals surface area contributed by atoms with Gasteiger partial charge in [-0.2, -0.15) is 5.10 Å². The highest BCUT2D eigenvalue weighted by Crippen LogP contribution is 2.09. The van der Waals surface area contributed by atoms with Crippen LogP contribution >= 0.6 is 15.9 Å². The summed E-state index contributed by atoms with van der Waals surface area (Å²) in [5, 5.41) is 6.22. The van der Waals surface area contributed by atoms with Crippen molar-refractivity contribution in [2.75, 3.05) is 6.54 Å². The summed E-state index contributed by atoms with van der Waals surface area (Å²) < 4.78 is 5.82. The minimum absolute atomic E-state index is 0.153. The van der Waals surface area contributed by atoms with Crippen molar-refractivity contribution in [3.8, 4) is 0 Å². The molecule has 0 fully saturated rings. The summed E-state index contributed by atoms with van der Waals surface area (Å²) in [7, 11) is 0. The number of nitrogens with one attached hydrogen (secondary N) is 2. The highest BCUT2D eigenvalue weighted by atomic mass is 79.9. The molecule has 21 heavy (non-hydrogen) atoms. The number of hydrogen-bond acceptors (Lipinski definition) is 4. The summed E-state index contributed by atoms with van der Waals surface area (Å²) in [5.41, 5.74) is 3.16. The molecule has 1 aromatic carbocycles. The van der Waals surface area contributed by atoms with E-state index in [9.17, 15) is 9.59 Å². The van der Waals surface area contributed by atoms with Crippen LogP contribution in [-0.2, 0) is 4.79 Å². The maximum absolute atomic E-state index is 11.5. The molecule has 2 rings (SSSR count). The van der Waals surface area contributed by atoms with E-state index in [0.29, 0.717) is 0 Å². The lowest BCUT2D eigenvalue weighted by atomic mass is 10.2. The van der Waals surface area contributed by atoms with Crippen LogP contribution in [0, 0.1) is 0 Å². The first kappa shape index (κ1) is 15.0. The third-order valence-electron chi connectivity index (χ3n) is 2.41. The van der Waals surface area contributed by atoms with Crippen molar-refractivity contribution in [3.05, 3.63) is 58.5 Å². The van der Waals surface area contributed by atoms with Crippen LogP contribution in [0.4, 0.5) is 0 Å². The lowest BCUT2D eigenvalue weighted by molar-refractivity contribution is -0.120. The van der Waals surface area contributed by atoms with Crippen LogP contribution in [0.15, 0.2) is 56.7 Å². The molecule has 0 spiro atoms. The van der Waals surface area contributed by atoms with Crippen LogP contribution in [0.25, 0.3) is 0 Å². The molecular weight excluding hydrogens is 338 g/mol. The number of carbonyl (C=O) groups is 2. The minimum atomic E-state index is -0.453. The Hall–Kier alpha value is -2.41. The van der Waals surface area contributed by atoms with E-state index in [4.69, 9.17) is 4.42 Å². The van der Waals surface area contributed by atoms with E-state index in [0.717, 1.165) is 10.0 Å². The molecule has 1 heterocycles. The smallest absolute Gasteiger partial charge is 0.287 e. The van der Waals surface area contributed by atoms with Crippen LogP contribution < -0.4 is 10.7 Å². The minimum Gasteiger partial charge on any atom is -0.459 e. The molecule has 2 amide bonds. The van der Waals surface area contributed by atoms with Crippen molar-refractivity contribution in [2.45, 2.75) is 0 Å². The highest BCUT2D eigenvalue weighted by Gasteiger charge is 2.09. The second kappa shape index (κ2) is 7.39. The fourth-order valence-corrected chi connectivity index (χ4v) is 1.88. The Bertz CT molecular complexity index is 653. The van der Waals surface area contributed by atoms with Gasteiger partial charge in [0.15, 0.2) is 5.76 Å². The Morgan fingerprint density at radius 3 is 2.86 bits per heavy atom. The molecule has 108 valence electrons.